The van der Waals surface area contributed by atoms with E-state index in [-0.39, 0.29) is 18.1 Å². The van der Waals surface area contributed by atoms with Crippen LogP contribution in [0, 0.1) is 0 Å². The largest absolute Gasteiger partial charge is 0.501 e. The quantitative estimate of drug-likeness (QED) is 0.722. The molecule has 4 N–H and O–H groups in total. The Balaban J connectivity index is 1.93. The van der Waals surface area contributed by atoms with Crippen molar-refractivity contribution in [3.05, 3.63) is 48.2 Å². The number of ether oxygens (including phenoxy) is 2. The third-order valence-electron chi connectivity index (χ3n) is 3.20. The molecule has 0 radical (unpaired) electrons. The molecule has 1 aromatic heterocycles. The maximum atomic E-state index is 12.0. The Hall–Kier alpha value is -3.13. The Labute approximate surface area is 144 Å². The van der Waals surface area contributed by atoms with Crippen LogP contribution in [0.1, 0.15) is 12.5 Å². The Kier molecular flexibility index (Phi) is 6.30. The molecule has 1 aromatic carbocycles. The zero-order chi connectivity index (χ0) is 18.2. The number of rotatable bonds is 6. The molecule has 0 aliphatic heterocycles. The van der Waals surface area contributed by atoms with Gasteiger partial charge in [-0.1, -0.05) is 30.3 Å². The number of pyridine rings is 1. The summed E-state index contributed by atoms with van der Waals surface area (Å²) in [5.74, 6) is -1.38. The van der Waals surface area contributed by atoms with E-state index >= 15 is 0 Å². The Morgan fingerprint density at radius 3 is 2.68 bits per heavy atom. The number of aromatic hydroxyl groups is 1. The molecular weight excluding hydrogens is 326 g/mol. The smallest absolute Gasteiger partial charge is 0.420 e. The molecule has 0 saturated carbocycles. The van der Waals surface area contributed by atoms with Crippen molar-refractivity contribution in [3.63, 3.8) is 0 Å². The molecule has 1 atom stereocenters. The summed E-state index contributed by atoms with van der Waals surface area (Å²) in [6, 6.07) is 9.65. The van der Waals surface area contributed by atoms with Gasteiger partial charge in [-0.15, -0.1) is 0 Å². The average Bonchev–Trinajstić information content (AvgIpc) is 2.59. The zero-order valence-corrected chi connectivity index (χ0v) is 13.6. The van der Waals surface area contributed by atoms with Crippen LogP contribution < -0.4 is 20.5 Å². The Morgan fingerprint density at radius 1 is 1.28 bits per heavy atom. The number of aromatic nitrogens is 1. The lowest BCUT2D eigenvalue weighted by atomic mass is 10.1. The number of carbonyl (C=O) groups excluding carboxylic acids is 2. The van der Waals surface area contributed by atoms with Crippen LogP contribution in [0.25, 0.3) is 0 Å². The van der Waals surface area contributed by atoms with Gasteiger partial charge >= 0.3 is 6.09 Å². The lowest BCUT2D eigenvalue weighted by Crippen LogP contribution is -2.45. The van der Waals surface area contributed by atoms with Crippen molar-refractivity contribution < 1.29 is 24.2 Å². The highest BCUT2D eigenvalue weighted by Crippen LogP contribution is 2.33. The van der Waals surface area contributed by atoms with E-state index in [0.717, 1.165) is 5.56 Å². The number of nitrogens with zero attached hydrogens (tertiary/aromatic N) is 1. The third-order valence-corrected chi connectivity index (χ3v) is 3.20. The normalized spacial score (nSPS) is 11.4. The van der Waals surface area contributed by atoms with Crippen molar-refractivity contribution in [1.82, 2.24) is 10.3 Å². The number of carbonyl (C=O) groups is 2. The lowest BCUT2D eigenvalue weighted by Gasteiger charge is -2.12. The predicted molar refractivity (Wildman–Crippen MR) is 89.4 cm³/mol. The summed E-state index contributed by atoms with van der Waals surface area (Å²) in [4.78, 5) is 27.5. The summed E-state index contributed by atoms with van der Waals surface area (Å²) in [5, 5.41) is 11.9. The first-order chi connectivity index (χ1) is 12.0. The second kappa shape index (κ2) is 8.65. The van der Waals surface area contributed by atoms with Crippen molar-refractivity contribution in [3.8, 4) is 17.4 Å². The second-order valence-electron chi connectivity index (χ2n) is 5.07. The number of nitrogens with two attached hydrogens (primary N) is 1. The Morgan fingerprint density at radius 2 is 2.00 bits per heavy atom. The van der Waals surface area contributed by atoms with Gasteiger partial charge in [0.1, 0.15) is 0 Å². The van der Waals surface area contributed by atoms with Crippen LogP contribution in [0.4, 0.5) is 4.79 Å². The van der Waals surface area contributed by atoms with Gasteiger partial charge in [-0.05, 0) is 18.9 Å². The van der Waals surface area contributed by atoms with E-state index in [1.165, 1.54) is 12.3 Å². The predicted octanol–water partition coefficient (Wildman–Crippen LogP) is 1.37. The first-order valence-corrected chi connectivity index (χ1v) is 7.64. The molecule has 0 aliphatic carbocycles. The van der Waals surface area contributed by atoms with Crippen LogP contribution in [0.5, 0.6) is 17.4 Å². The van der Waals surface area contributed by atoms with Crippen LogP contribution >= 0.6 is 0 Å². The van der Waals surface area contributed by atoms with Gasteiger partial charge in [0.05, 0.1) is 12.6 Å². The molecule has 0 fully saturated rings. The zero-order valence-electron chi connectivity index (χ0n) is 13.6. The minimum Gasteiger partial charge on any atom is -0.501 e. The number of imide groups is 1. The van der Waals surface area contributed by atoms with E-state index < -0.39 is 23.8 Å². The van der Waals surface area contributed by atoms with Crippen LogP contribution in [-0.4, -0.2) is 34.7 Å². The van der Waals surface area contributed by atoms with Crippen LogP contribution in [0.2, 0.25) is 0 Å². The summed E-state index contributed by atoms with van der Waals surface area (Å²) in [6.45, 7) is 2.05. The minimum absolute atomic E-state index is 0.118. The molecule has 8 heteroatoms. The first-order valence-electron chi connectivity index (χ1n) is 7.64. The van der Waals surface area contributed by atoms with Gasteiger partial charge in [0.2, 0.25) is 11.7 Å². The van der Waals surface area contributed by atoms with Gasteiger partial charge in [-0.3, -0.25) is 10.1 Å². The molecule has 0 saturated heterocycles. The SMILES string of the molecule is CCOc1ccnc(OC(=O)NC(=O)[C@@H](N)Cc2ccccc2)c1O. The summed E-state index contributed by atoms with van der Waals surface area (Å²) in [6.07, 6.45) is 0.476. The van der Waals surface area contributed by atoms with Gasteiger partial charge in [0.25, 0.3) is 5.88 Å². The van der Waals surface area contributed by atoms with Crippen molar-refractivity contribution >= 4 is 12.0 Å². The van der Waals surface area contributed by atoms with Gasteiger partial charge < -0.3 is 20.3 Å². The third kappa shape index (κ3) is 5.18. The van der Waals surface area contributed by atoms with Crippen molar-refractivity contribution in [2.75, 3.05) is 6.61 Å². The molecule has 0 aliphatic rings. The summed E-state index contributed by atoms with van der Waals surface area (Å²) in [5.41, 5.74) is 6.64. The summed E-state index contributed by atoms with van der Waals surface area (Å²) in [7, 11) is 0. The molecule has 0 unspecified atom stereocenters. The van der Waals surface area contributed by atoms with E-state index in [1.54, 1.807) is 6.92 Å². The van der Waals surface area contributed by atoms with Crippen molar-refractivity contribution in [1.29, 1.82) is 0 Å². The molecule has 0 bridgehead atoms. The van der Waals surface area contributed by atoms with Crippen LogP contribution in [0.3, 0.4) is 0 Å². The van der Waals surface area contributed by atoms with Crippen LogP contribution in [0.15, 0.2) is 42.6 Å². The molecule has 132 valence electrons. The number of amides is 2. The molecule has 0 spiro atoms. The molecule has 2 rings (SSSR count). The number of nitrogens with one attached hydrogen (secondary N) is 1. The molecule has 8 nitrogen and oxygen atoms in total. The number of hydrogen-bond acceptors (Lipinski definition) is 7. The molecular formula is C17H19N3O5. The van der Waals surface area contributed by atoms with E-state index in [9.17, 15) is 14.7 Å². The topological polar surface area (TPSA) is 124 Å². The first kappa shape index (κ1) is 18.2. The van der Waals surface area contributed by atoms with Gasteiger partial charge in [0.15, 0.2) is 5.75 Å². The average molecular weight is 345 g/mol. The van der Waals surface area contributed by atoms with E-state index in [0.29, 0.717) is 6.61 Å². The highest BCUT2D eigenvalue weighted by Gasteiger charge is 2.20. The van der Waals surface area contributed by atoms with Crippen molar-refractivity contribution in [2.45, 2.75) is 19.4 Å². The lowest BCUT2D eigenvalue weighted by molar-refractivity contribution is -0.121. The number of hydrogen-bond donors (Lipinski definition) is 3. The van der Waals surface area contributed by atoms with E-state index in [2.05, 4.69) is 4.98 Å². The fourth-order valence-corrected chi connectivity index (χ4v) is 2.03. The van der Waals surface area contributed by atoms with E-state index in [1.807, 2.05) is 35.6 Å². The molecule has 1 heterocycles. The van der Waals surface area contributed by atoms with Gasteiger partial charge in [0, 0.05) is 12.3 Å². The van der Waals surface area contributed by atoms with Gasteiger partial charge in [-0.2, -0.15) is 0 Å². The highest BCUT2D eigenvalue weighted by molar-refractivity contribution is 5.95. The molecule has 2 aromatic rings. The number of benzene rings is 1. The monoisotopic (exact) mass is 345 g/mol. The van der Waals surface area contributed by atoms with Crippen LogP contribution in [-0.2, 0) is 11.2 Å². The highest BCUT2D eigenvalue weighted by atomic mass is 16.6. The fraction of sp³-hybridized carbons (Fsp3) is 0.235. The summed E-state index contributed by atoms with van der Waals surface area (Å²) < 4.78 is 9.99. The minimum atomic E-state index is -1.09. The maximum Gasteiger partial charge on any atom is 0.420 e. The summed E-state index contributed by atoms with van der Waals surface area (Å²) >= 11 is 0. The second-order valence-corrected chi connectivity index (χ2v) is 5.07. The fourth-order valence-electron chi connectivity index (χ4n) is 2.03. The van der Waals surface area contributed by atoms with Gasteiger partial charge in [-0.25, -0.2) is 9.78 Å². The Bertz CT molecular complexity index is 736. The maximum absolute atomic E-state index is 12.0. The van der Waals surface area contributed by atoms with E-state index in [4.69, 9.17) is 15.2 Å². The molecule has 2 amide bonds. The standard InChI is InChI=1S/C17H19N3O5/c1-2-24-13-8-9-19-16(14(13)21)25-17(23)20-15(22)12(18)10-11-6-4-3-5-7-11/h3-9,12,21H,2,10,18H2,1H3,(H,20,22,23)/t12-/m0/s1. The van der Waals surface area contributed by atoms with Crippen molar-refractivity contribution in [2.24, 2.45) is 5.73 Å². The molecule has 25 heavy (non-hydrogen) atoms.